The summed E-state index contributed by atoms with van der Waals surface area (Å²) < 4.78 is 13.4. The van der Waals surface area contributed by atoms with Crippen molar-refractivity contribution < 1.29 is 18.8 Å². The van der Waals surface area contributed by atoms with Gasteiger partial charge in [-0.25, -0.2) is 9.18 Å². The van der Waals surface area contributed by atoms with Gasteiger partial charge < -0.3 is 10.2 Å². The molecular weight excluding hydrogens is 385 g/mol. The van der Waals surface area contributed by atoms with E-state index in [4.69, 9.17) is 0 Å². The van der Waals surface area contributed by atoms with Crippen LogP contribution in [0, 0.1) is 11.7 Å². The van der Waals surface area contributed by atoms with E-state index in [2.05, 4.69) is 12.2 Å². The molecule has 0 bridgehead atoms. The topological polar surface area (TPSA) is 69.7 Å². The first-order chi connectivity index (χ1) is 14.4. The number of rotatable bonds is 6. The molecular formula is C23H30FN3O3. The average Bonchev–Trinajstić information content (AvgIpc) is 3.53. The highest BCUT2D eigenvalue weighted by Crippen LogP contribution is 2.36. The molecule has 1 heterocycles. The van der Waals surface area contributed by atoms with Gasteiger partial charge >= 0.3 is 6.03 Å². The number of nitrogens with one attached hydrogen (secondary N) is 1. The number of carbonyl (C=O) groups is 3. The average molecular weight is 416 g/mol. The summed E-state index contributed by atoms with van der Waals surface area (Å²) in [7, 11) is 0. The minimum absolute atomic E-state index is 0.147. The van der Waals surface area contributed by atoms with Gasteiger partial charge in [-0.15, -0.1) is 0 Å². The van der Waals surface area contributed by atoms with Crippen LogP contribution in [0.3, 0.4) is 0 Å². The Bertz CT molecular complexity index is 831. The molecule has 6 nitrogen and oxygen atoms in total. The van der Waals surface area contributed by atoms with Crippen LogP contribution in [0.2, 0.25) is 0 Å². The van der Waals surface area contributed by atoms with Crippen molar-refractivity contribution in [3.8, 4) is 0 Å². The second kappa shape index (κ2) is 8.00. The first-order valence-corrected chi connectivity index (χ1v) is 11.1. The lowest BCUT2D eigenvalue weighted by Crippen LogP contribution is -2.49. The maximum Gasteiger partial charge on any atom is 0.325 e. The molecule has 1 aromatic rings. The third-order valence-electron chi connectivity index (χ3n) is 6.94. The molecule has 2 saturated carbocycles. The van der Waals surface area contributed by atoms with Crippen molar-refractivity contribution in [1.82, 2.24) is 15.1 Å². The van der Waals surface area contributed by atoms with Gasteiger partial charge in [0, 0.05) is 12.1 Å². The molecule has 1 saturated heterocycles. The molecule has 162 valence electrons. The van der Waals surface area contributed by atoms with Crippen LogP contribution in [0.15, 0.2) is 24.3 Å². The molecule has 0 spiro atoms. The molecule has 1 unspecified atom stereocenters. The van der Waals surface area contributed by atoms with Gasteiger partial charge in [-0.3, -0.25) is 14.5 Å². The Balaban J connectivity index is 1.52. The molecule has 4 rings (SSSR count). The molecule has 3 fully saturated rings. The molecule has 1 aromatic carbocycles. The fourth-order valence-electron chi connectivity index (χ4n) is 4.94. The van der Waals surface area contributed by atoms with Gasteiger partial charge in [0.1, 0.15) is 17.9 Å². The lowest BCUT2D eigenvalue weighted by Gasteiger charge is -2.37. The number of benzene rings is 1. The normalized spacial score (nSPS) is 29.1. The van der Waals surface area contributed by atoms with Crippen molar-refractivity contribution in [3.63, 3.8) is 0 Å². The van der Waals surface area contributed by atoms with Gasteiger partial charge in [-0.1, -0.05) is 26.0 Å². The fourth-order valence-corrected chi connectivity index (χ4v) is 4.94. The van der Waals surface area contributed by atoms with Crippen molar-refractivity contribution in [2.45, 2.75) is 76.4 Å². The Morgan fingerprint density at radius 1 is 1.10 bits per heavy atom. The van der Waals surface area contributed by atoms with E-state index in [1.807, 2.05) is 4.90 Å². The van der Waals surface area contributed by atoms with Gasteiger partial charge in [0.2, 0.25) is 5.91 Å². The van der Waals surface area contributed by atoms with Crippen LogP contribution in [-0.4, -0.2) is 46.3 Å². The quantitative estimate of drug-likeness (QED) is 0.723. The number of nitrogens with zero attached hydrogens (tertiary/aromatic N) is 2. The van der Waals surface area contributed by atoms with Gasteiger partial charge in [-0.2, -0.15) is 0 Å². The first kappa shape index (κ1) is 20.8. The van der Waals surface area contributed by atoms with E-state index >= 15 is 0 Å². The summed E-state index contributed by atoms with van der Waals surface area (Å²) in [5.74, 6) is -0.311. The maximum absolute atomic E-state index is 13.4. The number of hydrogen-bond donors (Lipinski definition) is 1. The van der Waals surface area contributed by atoms with Crippen LogP contribution < -0.4 is 5.32 Å². The summed E-state index contributed by atoms with van der Waals surface area (Å²) in [4.78, 5) is 42.2. The highest BCUT2D eigenvalue weighted by atomic mass is 19.1. The van der Waals surface area contributed by atoms with Gasteiger partial charge in [0.05, 0.1) is 0 Å². The first-order valence-electron chi connectivity index (χ1n) is 11.1. The van der Waals surface area contributed by atoms with Crippen molar-refractivity contribution in [2.24, 2.45) is 5.92 Å². The van der Waals surface area contributed by atoms with E-state index in [-0.39, 0.29) is 24.5 Å². The Morgan fingerprint density at radius 3 is 2.20 bits per heavy atom. The van der Waals surface area contributed by atoms with Crippen LogP contribution in [0.1, 0.15) is 64.4 Å². The molecule has 2 aliphatic carbocycles. The van der Waals surface area contributed by atoms with Gasteiger partial charge in [0.25, 0.3) is 5.91 Å². The molecule has 1 N–H and O–H groups in total. The second-order valence-electron chi connectivity index (χ2n) is 9.03. The number of halogens is 1. The molecule has 4 amide bonds. The van der Waals surface area contributed by atoms with Gasteiger partial charge in [0.15, 0.2) is 0 Å². The lowest BCUT2D eigenvalue weighted by molar-refractivity contribution is -0.141. The van der Waals surface area contributed by atoms with E-state index in [0.29, 0.717) is 17.9 Å². The van der Waals surface area contributed by atoms with Crippen molar-refractivity contribution in [1.29, 1.82) is 0 Å². The number of carbonyl (C=O) groups excluding carboxylic acids is 3. The Kier molecular flexibility index (Phi) is 5.55. The zero-order valence-electron chi connectivity index (χ0n) is 17.7. The number of amides is 4. The largest absolute Gasteiger partial charge is 0.335 e. The van der Waals surface area contributed by atoms with Crippen LogP contribution in [0.5, 0.6) is 0 Å². The lowest BCUT2D eigenvalue weighted by atomic mass is 9.86. The highest BCUT2D eigenvalue weighted by Gasteiger charge is 2.52. The zero-order valence-corrected chi connectivity index (χ0v) is 17.7. The second-order valence-corrected chi connectivity index (χ2v) is 9.03. The summed E-state index contributed by atoms with van der Waals surface area (Å²) in [5.41, 5.74) is -0.726. The predicted octanol–water partition coefficient (Wildman–Crippen LogP) is 3.55. The van der Waals surface area contributed by atoms with E-state index < -0.39 is 23.3 Å². The van der Waals surface area contributed by atoms with Gasteiger partial charge in [-0.05, 0) is 68.6 Å². The van der Waals surface area contributed by atoms with Crippen LogP contribution in [-0.2, 0) is 15.1 Å². The minimum atomic E-state index is -1.25. The van der Waals surface area contributed by atoms with E-state index in [1.165, 1.54) is 24.3 Å². The monoisotopic (exact) mass is 415 g/mol. The van der Waals surface area contributed by atoms with Crippen molar-refractivity contribution in [2.75, 3.05) is 6.54 Å². The summed E-state index contributed by atoms with van der Waals surface area (Å²) >= 11 is 0. The molecule has 3 aliphatic rings. The standard InChI is InChI=1S/C23H30FN3O3/c1-3-23(16-6-8-17(24)9-7-16)21(29)26(22(30)25-23)14-20(28)27(19-12-13-19)18-10-4-15(2)5-11-18/h6-9,15,18-19H,3-5,10-14H2,1-2H3,(H,25,30). The predicted molar refractivity (Wildman–Crippen MR) is 110 cm³/mol. The Labute approximate surface area is 176 Å². The molecule has 1 atom stereocenters. The van der Waals surface area contributed by atoms with Crippen molar-refractivity contribution >= 4 is 17.8 Å². The Morgan fingerprint density at radius 2 is 1.67 bits per heavy atom. The third kappa shape index (κ3) is 3.70. The number of hydrogen-bond acceptors (Lipinski definition) is 3. The highest BCUT2D eigenvalue weighted by molar-refractivity contribution is 6.09. The SMILES string of the molecule is CCC1(c2ccc(F)cc2)NC(=O)N(CC(=O)N(C2CCC(C)CC2)C2CC2)C1=O. The summed E-state index contributed by atoms with van der Waals surface area (Å²) in [6, 6.07) is 5.47. The molecule has 7 heteroatoms. The molecule has 30 heavy (non-hydrogen) atoms. The molecule has 0 radical (unpaired) electrons. The fraction of sp³-hybridized carbons (Fsp3) is 0.609. The molecule has 0 aromatic heterocycles. The Hall–Kier alpha value is -2.44. The smallest absolute Gasteiger partial charge is 0.325 e. The zero-order chi connectivity index (χ0) is 21.5. The van der Waals surface area contributed by atoms with Crippen LogP contribution >= 0.6 is 0 Å². The van der Waals surface area contributed by atoms with Crippen LogP contribution in [0.4, 0.5) is 9.18 Å². The van der Waals surface area contributed by atoms with Crippen molar-refractivity contribution in [3.05, 3.63) is 35.6 Å². The summed E-state index contributed by atoms with van der Waals surface area (Å²) in [5, 5.41) is 2.77. The van der Waals surface area contributed by atoms with E-state index in [0.717, 1.165) is 43.4 Å². The maximum atomic E-state index is 13.4. The number of imide groups is 1. The minimum Gasteiger partial charge on any atom is -0.335 e. The van der Waals surface area contributed by atoms with E-state index in [1.54, 1.807) is 6.92 Å². The number of urea groups is 1. The summed E-state index contributed by atoms with van der Waals surface area (Å²) in [6.45, 7) is 3.80. The van der Waals surface area contributed by atoms with Crippen LogP contribution in [0.25, 0.3) is 0 Å². The third-order valence-corrected chi connectivity index (χ3v) is 6.94. The van der Waals surface area contributed by atoms with E-state index in [9.17, 15) is 18.8 Å². The molecule has 1 aliphatic heterocycles. The summed E-state index contributed by atoms with van der Waals surface area (Å²) in [6.07, 6.45) is 6.48.